The van der Waals surface area contributed by atoms with E-state index < -0.39 is 0 Å². The van der Waals surface area contributed by atoms with Gasteiger partial charge in [-0.3, -0.25) is 5.10 Å². The molecule has 1 aromatic rings. The minimum Gasteiger partial charge on any atom is -0.312 e. The predicted molar refractivity (Wildman–Crippen MR) is 57.8 cm³/mol. The fraction of sp³-hybridized carbons (Fsp3) is 0.625. The van der Waals surface area contributed by atoms with Crippen molar-refractivity contribution in [3.63, 3.8) is 0 Å². The Balaban J connectivity index is 0.000000720. The molecule has 13 heavy (non-hydrogen) atoms. The van der Waals surface area contributed by atoms with Gasteiger partial charge in [0.15, 0.2) is 0 Å². The van der Waals surface area contributed by atoms with Gasteiger partial charge in [0.1, 0.15) is 0 Å². The smallest absolute Gasteiger partial charge is 0.0535 e. The molecule has 2 rings (SSSR count). The number of H-pyrrole nitrogens is 1. The number of halogens is 2. The highest BCUT2D eigenvalue weighted by molar-refractivity contribution is 5.85. The molecule has 0 aliphatic carbocycles. The molecule has 2 N–H and O–H groups in total. The van der Waals surface area contributed by atoms with Crippen LogP contribution in [0.2, 0.25) is 0 Å². The van der Waals surface area contributed by atoms with Gasteiger partial charge in [0, 0.05) is 29.8 Å². The summed E-state index contributed by atoms with van der Waals surface area (Å²) in [4.78, 5) is 0. The van der Waals surface area contributed by atoms with Crippen molar-refractivity contribution in [1.82, 2.24) is 15.5 Å². The van der Waals surface area contributed by atoms with E-state index in [0.29, 0.717) is 0 Å². The first-order valence-electron chi connectivity index (χ1n) is 3.93. The van der Waals surface area contributed by atoms with Crippen molar-refractivity contribution >= 4 is 24.8 Å². The van der Waals surface area contributed by atoms with Crippen molar-refractivity contribution in [2.75, 3.05) is 6.54 Å². The molecule has 5 heteroatoms. The van der Waals surface area contributed by atoms with Crippen LogP contribution in [0.15, 0.2) is 6.20 Å². The van der Waals surface area contributed by atoms with E-state index in [-0.39, 0.29) is 30.2 Å². The van der Waals surface area contributed by atoms with Gasteiger partial charge in [-0.1, -0.05) is 13.8 Å². The van der Waals surface area contributed by atoms with Crippen molar-refractivity contribution in [1.29, 1.82) is 0 Å². The van der Waals surface area contributed by atoms with Crippen LogP contribution >= 0.6 is 24.8 Å². The normalized spacial score (nSPS) is 18.0. The van der Waals surface area contributed by atoms with E-state index in [9.17, 15) is 0 Å². The second kappa shape index (κ2) is 4.31. The Bertz CT molecular complexity index is 270. The first-order chi connectivity index (χ1) is 5.20. The van der Waals surface area contributed by atoms with Gasteiger partial charge in [0.25, 0.3) is 0 Å². The molecule has 0 atom stereocenters. The maximum atomic E-state index is 4.03. The molecule has 0 amide bonds. The minimum atomic E-state index is 0. The van der Waals surface area contributed by atoms with Crippen molar-refractivity contribution < 1.29 is 0 Å². The average Bonchev–Trinajstić information content (AvgIpc) is 2.34. The first-order valence-corrected chi connectivity index (χ1v) is 3.93. The molecule has 1 aromatic heterocycles. The van der Waals surface area contributed by atoms with E-state index in [1.54, 1.807) is 0 Å². The molecule has 76 valence electrons. The van der Waals surface area contributed by atoms with Crippen LogP contribution in [-0.2, 0) is 12.0 Å². The number of hydrogen-bond acceptors (Lipinski definition) is 2. The summed E-state index contributed by atoms with van der Waals surface area (Å²) in [7, 11) is 0. The molecule has 1 aliphatic heterocycles. The summed E-state index contributed by atoms with van der Waals surface area (Å²) in [6.45, 7) is 6.42. The number of aromatic amines is 1. The maximum absolute atomic E-state index is 4.03. The largest absolute Gasteiger partial charge is 0.312 e. The zero-order valence-corrected chi connectivity index (χ0v) is 9.39. The van der Waals surface area contributed by atoms with Crippen LogP contribution in [0.25, 0.3) is 0 Å². The number of nitrogens with zero attached hydrogens (tertiary/aromatic N) is 1. The second-order valence-electron chi connectivity index (χ2n) is 3.76. The summed E-state index contributed by atoms with van der Waals surface area (Å²) in [5, 5.41) is 10.4. The van der Waals surface area contributed by atoms with Crippen LogP contribution < -0.4 is 5.32 Å². The van der Waals surface area contributed by atoms with Crippen molar-refractivity contribution in [3.05, 3.63) is 17.5 Å². The highest BCUT2D eigenvalue weighted by Crippen LogP contribution is 2.26. The highest BCUT2D eigenvalue weighted by Gasteiger charge is 2.28. The lowest BCUT2D eigenvalue weighted by Crippen LogP contribution is -2.38. The molecule has 0 saturated carbocycles. The van der Waals surface area contributed by atoms with Gasteiger partial charge in [-0.05, 0) is 0 Å². The highest BCUT2D eigenvalue weighted by atomic mass is 35.5. The maximum Gasteiger partial charge on any atom is 0.0535 e. The average molecular weight is 224 g/mol. The SMILES string of the molecule is CC1(C)CNCc2cn[nH]c21.Cl.Cl. The van der Waals surface area contributed by atoms with Crippen LogP contribution in [-0.4, -0.2) is 16.7 Å². The molecule has 0 saturated heterocycles. The summed E-state index contributed by atoms with van der Waals surface area (Å²) in [5.74, 6) is 0. The van der Waals surface area contributed by atoms with Crippen molar-refractivity contribution in [2.45, 2.75) is 25.8 Å². The topological polar surface area (TPSA) is 40.7 Å². The Kier molecular flexibility index (Phi) is 4.23. The van der Waals surface area contributed by atoms with E-state index >= 15 is 0 Å². The Labute approximate surface area is 90.5 Å². The lowest BCUT2D eigenvalue weighted by Gasteiger charge is -2.29. The summed E-state index contributed by atoms with van der Waals surface area (Å²) < 4.78 is 0. The van der Waals surface area contributed by atoms with Gasteiger partial charge in [0.2, 0.25) is 0 Å². The fourth-order valence-electron chi connectivity index (χ4n) is 1.63. The quantitative estimate of drug-likeness (QED) is 0.703. The Morgan fingerprint density at radius 1 is 1.38 bits per heavy atom. The number of nitrogens with one attached hydrogen (secondary N) is 2. The lowest BCUT2D eigenvalue weighted by atomic mass is 9.84. The first kappa shape index (κ1) is 12.8. The van der Waals surface area contributed by atoms with E-state index in [1.807, 2.05) is 6.20 Å². The summed E-state index contributed by atoms with van der Waals surface area (Å²) in [6.07, 6.45) is 1.91. The van der Waals surface area contributed by atoms with Crippen LogP contribution in [0.5, 0.6) is 0 Å². The molecule has 1 aliphatic rings. The summed E-state index contributed by atoms with van der Waals surface area (Å²) in [5.41, 5.74) is 2.81. The van der Waals surface area contributed by atoms with Crippen LogP contribution in [0.4, 0.5) is 0 Å². The van der Waals surface area contributed by atoms with E-state index in [0.717, 1.165) is 13.1 Å². The van der Waals surface area contributed by atoms with Crippen LogP contribution in [0.1, 0.15) is 25.1 Å². The number of hydrogen-bond donors (Lipinski definition) is 2. The Morgan fingerprint density at radius 2 is 2.08 bits per heavy atom. The van der Waals surface area contributed by atoms with Gasteiger partial charge in [-0.2, -0.15) is 5.10 Å². The van der Waals surface area contributed by atoms with Gasteiger partial charge in [-0.25, -0.2) is 0 Å². The van der Waals surface area contributed by atoms with Gasteiger partial charge < -0.3 is 5.32 Å². The zero-order valence-electron chi connectivity index (χ0n) is 7.76. The summed E-state index contributed by atoms with van der Waals surface area (Å²) in [6, 6.07) is 0. The molecule has 3 nitrogen and oxygen atoms in total. The van der Waals surface area contributed by atoms with Crippen LogP contribution in [0.3, 0.4) is 0 Å². The third-order valence-electron chi connectivity index (χ3n) is 2.28. The zero-order chi connectivity index (χ0) is 7.90. The molecule has 2 heterocycles. The standard InChI is InChI=1S/C8H13N3.2ClH/c1-8(2)5-9-3-6-4-10-11-7(6)8;;/h4,9H,3,5H2,1-2H3,(H,10,11);2*1H. The lowest BCUT2D eigenvalue weighted by molar-refractivity contribution is 0.424. The van der Waals surface area contributed by atoms with E-state index in [1.165, 1.54) is 11.3 Å². The van der Waals surface area contributed by atoms with E-state index in [4.69, 9.17) is 0 Å². The molecular weight excluding hydrogens is 209 g/mol. The number of rotatable bonds is 0. The molecular formula is C8H15Cl2N3. The Morgan fingerprint density at radius 3 is 2.69 bits per heavy atom. The third-order valence-corrected chi connectivity index (χ3v) is 2.28. The molecule has 0 fully saturated rings. The molecule has 0 bridgehead atoms. The van der Waals surface area contributed by atoms with Crippen molar-refractivity contribution in [2.24, 2.45) is 0 Å². The van der Waals surface area contributed by atoms with Gasteiger partial charge in [-0.15, -0.1) is 24.8 Å². The molecule has 0 aromatic carbocycles. The molecule has 0 spiro atoms. The van der Waals surface area contributed by atoms with Crippen molar-refractivity contribution in [3.8, 4) is 0 Å². The number of aromatic nitrogens is 2. The summed E-state index contributed by atoms with van der Waals surface area (Å²) >= 11 is 0. The number of fused-ring (bicyclic) bond motifs is 1. The second-order valence-corrected chi connectivity index (χ2v) is 3.76. The molecule has 0 radical (unpaired) electrons. The monoisotopic (exact) mass is 223 g/mol. The predicted octanol–water partition coefficient (Wildman–Crippen LogP) is 1.63. The molecule has 0 unspecified atom stereocenters. The van der Waals surface area contributed by atoms with Crippen LogP contribution in [0, 0.1) is 0 Å². The fourth-order valence-corrected chi connectivity index (χ4v) is 1.63. The Hall–Kier alpha value is -0.250. The van der Waals surface area contributed by atoms with E-state index in [2.05, 4.69) is 29.4 Å². The van der Waals surface area contributed by atoms with Gasteiger partial charge >= 0.3 is 0 Å². The van der Waals surface area contributed by atoms with Gasteiger partial charge in [0.05, 0.1) is 6.20 Å². The third kappa shape index (κ3) is 2.16. The minimum absolute atomic E-state index is 0.